The smallest absolute Gasteiger partial charge is 0.166 e. The molecule has 0 N–H and O–H groups in total. The van der Waals surface area contributed by atoms with E-state index in [1.54, 1.807) is 0 Å². The molecule has 0 saturated carbocycles. The molecule has 0 atom stereocenters. The van der Waals surface area contributed by atoms with Crippen LogP contribution >= 0.6 is 0 Å². The number of benzene rings is 2. The molecule has 0 bridgehead atoms. The lowest BCUT2D eigenvalue weighted by atomic mass is 10.1. The highest BCUT2D eigenvalue weighted by Crippen LogP contribution is 2.29. The van der Waals surface area contributed by atoms with E-state index in [4.69, 9.17) is 0 Å². The summed E-state index contributed by atoms with van der Waals surface area (Å²) in [7, 11) is 0. The highest BCUT2D eigenvalue weighted by molar-refractivity contribution is 5.44. The first-order valence-electron chi connectivity index (χ1n) is 6.03. The van der Waals surface area contributed by atoms with E-state index in [1.807, 2.05) is 0 Å². The normalized spacial score (nSPS) is 11.7. The predicted molar refractivity (Wildman–Crippen MR) is 68.9 cm³/mol. The SMILES string of the molecule is FC(F)(F)c1ccc(C#Cc2ccc(C(F)(F)F)cc2)cc1. The van der Waals surface area contributed by atoms with Crippen LogP contribution in [0.4, 0.5) is 26.3 Å². The second-order valence-electron chi connectivity index (χ2n) is 4.40. The van der Waals surface area contributed by atoms with Gasteiger partial charge in [-0.05, 0) is 48.5 Å². The number of halogens is 6. The van der Waals surface area contributed by atoms with Gasteiger partial charge in [0, 0.05) is 11.1 Å². The van der Waals surface area contributed by atoms with Crippen molar-refractivity contribution in [3.05, 3.63) is 70.8 Å². The van der Waals surface area contributed by atoms with Crippen LogP contribution < -0.4 is 0 Å². The highest BCUT2D eigenvalue weighted by Gasteiger charge is 2.30. The Morgan fingerprint density at radius 3 is 1.00 bits per heavy atom. The van der Waals surface area contributed by atoms with Crippen LogP contribution in [0.1, 0.15) is 22.3 Å². The van der Waals surface area contributed by atoms with Crippen LogP contribution in [0.2, 0.25) is 0 Å². The van der Waals surface area contributed by atoms with Crippen molar-refractivity contribution in [3.63, 3.8) is 0 Å². The fourth-order valence-electron chi connectivity index (χ4n) is 1.63. The molecule has 2 rings (SSSR count). The molecule has 2 aromatic carbocycles. The predicted octanol–water partition coefficient (Wildman–Crippen LogP) is 5.12. The molecule has 0 aliphatic rings. The monoisotopic (exact) mass is 314 g/mol. The van der Waals surface area contributed by atoms with Crippen LogP contribution in [0.15, 0.2) is 48.5 Å². The van der Waals surface area contributed by atoms with E-state index in [-0.39, 0.29) is 0 Å². The third-order valence-electron chi connectivity index (χ3n) is 2.78. The lowest BCUT2D eigenvalue weighted by Gasteiger charge is -2.05. The molecule has 0 fully saturated rings. The fraction of sp³-hybridized carbons (Fsp3) is 0.125. The van der Waals surface area contributed by atoms with Crippen molar-refractivity contribution in [2.75, 3.05) is 0 Å². The molecule has 0 radical (unpaired) electrons. The van der Waals surface area contributed by atoms with Crippen molar-refractivity contribution in [1.29, 1.82) is 0 Å². The molecule has 2 aromatic rings. The molecule has 0 unspecified atom stereocenters. The van der Waals surface area contributed by atoms with Gasteiger partial charge in [-0.2, -0.15) is 26.3 Å². The van der Waals surface area contributed by atoms with Crippen molar-refractivity contribution in [2.45, 2.75) is 12.4 Å². The minimum atomic E-state index is -4.42. The van der Waals surface area contributed by atoms with Crippen LogP contribution in [0, 0.1) is 11.8 Å². The van der Waals surface area contributed by atoms with Gasteiger partial charge in [0.1, 0.15) is 0 Å². The van der Waals surface area contributed by atoms with Crippen molar-refractivity contribution < 1.29 is 26.3 Å². The Bertz CT molecular complexity index is 633. The third kappa shape index (κ3) is 4.04. The topological polar surface area (TPSA) is 0 Å². The van der Waals surface area contributed by atoms with Gasteiger partial charge in [0.05, 0.1) is 11.1 Å². The molecule has 0 heterocycles. The number of hydrogen-bond acceptors (Lipinski definition) is 0. The average Bonchev–Trinajstić information content (AvgIpc) is 2.44. The zero-order valence-corrected chi connectivity index (χ0v) is 10.9. The van der Waals surface area contributed by atoms with Gasteiger partial charge in [0.15, 0.2) is 0 Å². The third-order valence-corrected chi connectivity index (χ3v) is 2.78. The summed E-state index contributed by atoms with van der Waals surface area (Å²) >= 11 is 0. The molecule has 0 aliphatic carbocycles. The maximum Gasteiger partial charge on any atom is 0.416 e. The van der Waals surface area contributed by atoms with Crippen LogP contribution in [0.25, 0.3) is 0 Å². The summed E-state index contributed by atoms with van der Waals surface area (Å²) < 4.78 is 74.3. The van der Waals surface area contributed by atoms with Crippen molar-refractivity contribution in [1.82, 2.24) is 0 Å². The molecular weight excluding hydrogens is 306 g/mol. The van der Waals surface area contributed by atoms with Crippen LogP contribution in [-0.4, -0.2) is 0 Å². The second-order valence-corrected chi connectivity index (χ2v) is 4.40. The summed E-state index contributed by atoms with van der Waals surface area (Å²) in [4.78, 5) is 0. The second kappa shape index (κ2) is 5.76. The molecule has 6 heteroatoms. The van der Waals surface area contributed by atoms with Crippen molar-refractivity contribution in [3.8, 4) is 11.8 Å². The summed E-state index contributed by atoms with van der Waals surface area (Å²) in [6.45, 7) is 0. The van der Waals surface area contributed by atoms with Crippen LogP contribution in [0.3, 0.4) is 0 Å². The van der Waals surface area contributed by atoms with E-state index >= 15 is 0 Å². The first kappa shape index (κ1) is 16.0. The van der Waals surface area contributed by atoms with E-state index in [1.165, 1.54) is 24.3 Å². The zero-order chi connectivity index (χ0) is 16.4. The Hall–Kier alpha value is -2.42. The largest absolute Gasteiger partial charge is 0.416 e. The quantitative estimate of drug-likeness (QED) is 0.467. The first-order chi connectivity index (χ1) is 10.2. The van der Waals surface area contributed by atoms with Gasteiger partial charge in [-0.15, -0.1) is 0 Å². The maximum atomic E-state index is 12.4. The summed E-state index contributed by atoms with van der Waals surface area (Å²) in [5.74, 6) is 5.20. The highest BCUT2D eigenvalue weighted by atomic mass is 19.4. The standard InChI is InChI=1S/C16H8F6/c17-15(18,19)13-7-3-11(4-8-13)1-2-12-5-9-14(10-6-12)16(20,21)22/h3-10H. The Labute approximate surface area is 122 Å². The molecule has 0 amide bonds. The van der Waals surface area contributed by atoms with E-state index in [0.717, 1.165) is 24.3 Å². The average molecular weight is 314 g/mol. The number of rotatable bonds is 0. The number of hydrogen-bond donors (Lipinski definition) is 0. The van der Waals surface area contributed by atoms with Gasteiger partial charge >= 0.3 is 12.4 Å². The Balaban J connectivity index is 2.17. The molecule has 0 nitrogen and oxygen atoms in total. The number of alkyl halides is 6. The first-order valence-corrected chi connectivity index (χ1v) is 6.03. The summed E-state index contributed by atoms with van der Waals surface area (Å²) in [6.07, 6.45) is -8.83. The van der Waals surface area contributed by atoms with Crippen molar-refractivity contribution >= 4 is 0 Å². The van der Waals surface area contributed by atoms with E-state index in [0.29, 0.717) is 11.1 Å². The maximum absolute atomic E-state index is 12.4. The van der Waals surface area contributed by atoms with Crippen LogP contribution in [0.5, 0.6) is 0 Å². The molecule has 0 aromatic heterocycles. The Morgan fingerprint density at radius 2 is 0.773 bits per heavy atom. The molecule has 0 aliphatic heterocycles. The lowest BCUT2D eigenvalue weighted by Crippen LogP contribution is -2.04. The minimum Gasteiger partial charge on any atom is -0.166 e. The van der Waals surface area contributed by atoms with Gasteiger partial charge in [0.25, 0.3) is 0 Å². The molecule has 0 spiro atoms. The van der Waals surface area contributed by atoms with Gasteiger partial charge in [-0.1, -0.05) is 11.8 Å². The van der Waals surface area contributed by atoms with E-state index in [9.17, 15) is 26.3 Å². The summed E-state index contributed by atoms with van der Waals surface area (Å²) in [6, 6.07) is 8.43. The summed E-state index contributed by atoms with van der Waals surface area (Å²) in [5.41, 5.74) is -0.888. The molecular formula is C16H8F6. The van der Waals surface area contributed by atoms with Gasteiger partial charge < -0.3 is 0 Å². The van der Waals surface area contributed by atoms with Gasteiger partial charge in [-0.25, -0.2) is 0 Å². The van der Waals surface area contributed by atoms with E-state index < -0.39 is 23.5 Å². The summed E-state index contributed by atoms with van der Waals surface area (Å²) in [5, 5.41) is 0. The van der Waals surface area contributed by atoms with E-state index in [2.05, 4.69) is 11.8 Å². The molecule has 114 valence electrons. The lowest BCUT2D eigenvalue weighted by molar-refractivity contribution is -0.138. The van der Waals surface area contributed by atoms with Gasteiger partial charge in [-0.3, -0.25) is 0 Å². The zero-order valence-electron chi connectivity index (χ0n) is 10.9. The molecule has 22 heavy (non-hydrogen) atoms. The molecule has 0 saturated heterocycles. The Morgan fingerprint density at radius 1 is 0.500 bits per heavy atom. The van der Waals surface area contributed by atoms with Crippen LogP contribution in [-0.2, 0) is 12.4 Å². The van der Waals surface area contributed by atoms with Gasteiger partial charge in [0.2, 0.25) is 0 Å². The Kier molecular flexibility index (Phi) is 4.18. The fourth-order valence-corrected chi connectivity index (χ4v) is 1.63. The van der Waals surface area contributed by atoms with Crippen molar-refractivity contribution in [2.24, 2.45) is 0 Å². The minimum absolute atomic E-state index is 0.341.